The zero-order chi connectivity index (χ0) is 22.2. The number of para-hydroxylation sites is 2. The van der Waals surface area contributed by atoms with Gasteiger partial charge in [0.15, 0.2) is 0 Å². The summed E-state index contributed by atoms with van der Waals surface area (Å²) in [7, 11) is 0. The number of rotatable bonds is 5. The van der Waals surface area contributed by atoms with Crippen molar-refractivity contribution in [3.8, 4) is 0 Å². The molecule has 3 rings (SSSR count). The molecule has 7 nitrogen and oxygen atoms in total. The summed E-state index contributed by atoms with van der Waals surface area (Å²) in [5.74, 6) is -2.45. The molecular weight excluding hydrogens is 439 g/mol. The van der Waals surface area contributed by atoms with Crippen LogP contribution in [-0.4, -0.2) is 23.9 Å². The van der Waals surface area contributed by atoms with E-state index in [1.54, 1.807) is 54.6 Å². The van der Waals surface area contributed by atoms with Crippen LogP contribution in [0.5, 0.6) is 0 Å². The van der Waals surface area contributed by atoms with Gasteiger partial charge in [0.2, 0.25) is 0 Å². The summed E-state index contributed by atoms with van der Waals surface area (Å²) in [5.41, 5.74) is 3.55. The number of halogens is 2. The van der Waals surface area contributed by atoms with Crippen LogP contribution in [0.4, 0.5) is 11.4 Å². The van der Waals surface area contributed by atoms with Crippen molar-refractivity contribution in [1.82, 2.24) is 5.43 Å². The van der Waals surface area contributed by atoms with Crippen molar-refractivity contribution in [3.05, 3.63) is 94.0 Å². The molecule has 0 fully saturated rings. The van der Waals surface area contributed by atoms with Crippen LogP contribution in [0.15, 0.2) is 77.9 Å². The molecule has 0 heterocycles. The van der Waals surface area contributed by atoms with Crippen molar-refractivity contribution >= 4 is 58.5 Å². The highest BCUT2D eigenvalue weighted by Gasteiger charge is 2.17. The molecule has 9 heteroatoms. The molecule has 0 aliphatic rings. The van der Waals surface area contributed by atoms with Crippen molar-refractivity contribution in [2.45, 2.75) is 0 Å². The fraction of sp³-hybridized carbons (Fsp3) is 0. The van der Waals surface area contributed by atoms with E-state index in [2.05, 4.69) is 21.2 Å². The molecule has 31 heavy (non-hydrogen) atoms. The first-order valence-corrected chi connectivity index (χ1v) is 9.75. The second kappa shape index (κ2) is 10.4. The van der Waals surface area contributed by atoms with Crippen LogP contribution in [0.3, 0.4) is 0 Å². The van der Waals surface area contributed by atoms with Gasteiger partial charge in [0, 0.05) is 11.3 Å². The van der Waals surface area contributed by atoms with Gasteiger partial charge in [0.25, 0.3) is 5.91 Å². The maximum absolute atomic E-state index is 12.6. The second-order valence-electron chi connectivity index (χ2n) is 6.16. The lowest BCUT2D eigenvalue weighted by molar-refractivity contribution is -0.136. The standard InChI is InChI=1S/C22H16Cl2N4O3/c23-17-11-6-7-14(19(17)24)13-25-28-22(31)21(30)27-18-12-5-4-10-16(18)20(29)26-15-8-2-1-3-9-15/h1-13H,(H,26,29)(H,27,30)(H,28,31)/b25-13+. The molecule has 0 aliphatic heterocycles. The van der Waals surface area contributed by atoms with E-state index in [1.807, 2.05) is 6.07 Å². The smallest absolute Gasteiger partial charge is 0.322 e. The van der Waals surface area contributed by atoms with Crippen LogP contribution in [0.25, 0.3) is 0 Å². The molecule has 0 bridgehead atoms. The normalized spacial score (nSPS) is 10.5. The minimum Gasteiger partial charge on any atom is -0.322 e. The fourth-order valence-electron chi connectivity index (χ4n) is 2.52. The Hall–Kier alpha value is -3.68. The highest BCUT2D eigenvalue weighted by Crippen LogP contribution is 2.24. The zero-order valence-corrected chi connectivity index (χ0v) is 17.4. The van der Waals surface area contributed by atoms with E-state index in [9.17, 15) is 14.4 Å². The van der Waals surface area contributed by atoms with Crippen LogP contribution >= 0.6 is 23.2 Å². The van der Waals surface area contributed by atoms with Gasteiger partial charge in [0.1, 0.15) is 0 Å². The number of hydrazone groups is 1. The number of anilines is 2. The highest BCUT2D eigenvalue weighted by atomic mass is 35.5. The van der Waals surface area contributed by atoms with Gasteiger partial charge in [-0.25, -0.2) is 5.43 Å². The Bertz CT molecular complexity index is 1150. The third-order valence-corrected chi connectivity index (χ3v) is 4.84. The first-order valence-electron chi connectivity index (χ1n) is 8.99. The Balaban J connectivity index is 1.65. The minimum atomic E-state index is -1.02. The first kappa shape index (κ1) is 22.0. The average molecular weight is 455 g/mol. The monoisotopic (exact) mass is 454 g/mol. The van der Waals surface area contributed by atoms with Gasteiger partial charge in [0.05, 0.1) is 27.5 Å². The predicted molar refractivity (Wildman–Crippen MR) is 122 cm³/mol. The Morgan fingerprint density at radius 2 is 1.48 bits per heavy atom. The van der Waals surface area contributed by atoms with Gasteiger partial charge >= 0.3 is 11.8 Å². The summed E-state index contributed by atoms with van der Waals surface area (Å²) >= 11 is 11.9. The number of hydrogen-bond acceptors (Lipinski definition) is 4. The summed E-state index contributed by atoms with van der Waals surface area (Å²) in [4.78, 5) is 36.9. The molecule has 3 aromatic rings. The molecule has 3 aromatic carbocycles. The molecule has 0 atom stereocenters. The largest absolute Gasteiger partial charge is 0.329 e. The second-order valence-corrected chi connectivity index (χ2v) is 6.95. The van der Waals surface area contributed by atoms with Crippen LogP contribution in [0.1, 0.15) is 15.9 Å². The molecule has 0 saturated heterocycles. The van der Waals surface area contributed by atoms with Gasteiger partial charge in [-0.15, -0.1) is 0 Å². The number of nitrogens with one attached hydrogen (secondary N) is 3. The quantitative estimate of drug-likeness (QED) is 0.303. The molecule has 0 aromatic heterocycles. The lowest BCUT2D eigenvalue weighted by Gasteiger charge is -2.11. The Labute approximate surface area is 188 Å². The van der Waals surface area contributed by atoms with Crippen molar-refractivity contribution in [1.29, 1.82) is 0 Å². The average Bonchev–Trinajstić information content (AvgIpc) is 2.77. The molecular formula is C22H16Cl2N4O3. The highest BCUT2D eigenvalue weighted by molar-refractivity contribution is 6.43. The maximum atomic E-state index is 12.6. The number of amides is 3. The van der Waals surface area contributed by atoms with E-state index in [-0.39, 0.29) is 16.3 Å². The van der Waals surface area contributed by atoms with Gasteiger partial charge in [-0.3, -0.25) is 14.4 Å². The van der Waals surface area contributed by atoms with Crippen LogP contribution < -0.4 is 16.1 Å². The van der Waals surface area contributed by atoms with Crippen LogP contribution in [0.2, 0.25) is 10.0 Å². The molecule has 0 aliphatic carbocycles. The van der Waals surface area contributed by atoms with E-state index in [4.69, 9.17) is 23.2 Å². The molecule has 0 radical (unpaired) electrons. The SMILES string of the molecule is O=C(N/N=C/c1cccc(Cl)c1Cl)C(=O)Nc1ccccc1C(=O)Nc1ccccc1. The summed E-state index contributed by atoms with van der Waals surface area (Å²) in [6, 6.07) is 20.1. The van der Waals surface area contributed by atoms with Crippen molar-refractivity contribution in [2.75, 3.05) is 10.6 Å². The maximum Gasteiger partial charge on any atom is 0.329 e. The first-order chi connectivity index (χ1) is 15.0. The van der Waals surface area contributed by atoms with Crippen molar-refractivity contribution in [3.63, 3.8) is 0 Å². The summed E-state index contributed by atoms with van der Waals surface area (Å²) in [6.07, 6.45) is 1.26. The number of hydrogen-bond donors (Lipinski definition) is 3. The fourth-order valence-corrected chi connectivity index (χ4v) is 2.88. The molecule has 0 saturated carbocycles. The van der Waals surface area contributed by atoms with Crippen LogP contribution in [0, 0.1) is 0 Å². The predicted octanol–water partition coefficient (Wildman–Crippen LogP) is 4.33. The topological polar surface area (TPSA) is 99.7 Å². The van der Waals surface area contributed by atoms with Gasteiger partial charge in [-0.05, 0) is 30.3 Å². The summed E-state index contributed by atoms with van der Waals surface area (Å²) in [6.45, 7) is 0. The minimum absolute atomic E-state index is 0.179. The Morgan fingerprint density at radius 3 is 2.26 bits per heavy atom. The third-order valence-electron chi connectivity index (χ3n) is 4.01. The number of carbonyl (C=O) groups is 3. The molecule has 3 N–H and O–H groups in total. The number of benzene rings is 3. The lowest BCUT2D eigenvalue weighted by Crippen LogP contribution is -2.33. The van der Waals surface area contributed by atoms with Crippen molar-refractivity contribution in [2.24, 2.45) is 5.10 Å². The third kappa shape index (κ3) is 5.91. The molecule has 3 amide bonds. The van der Waals surface area contributed by atoms with E-state index >= 15 is 0 Å². The Morgan fingerprint density at radius 1 is 0.774 bits per heavy atom. The van der Waals surface area contributed by atoms with Crippen LogP contribution in [-0.2, 0) is 9.59 Å². The summed E-state index contributed by atoms with van der Waals surface area (Å²) in [5, 5.41) is 9.45. The molecule has 0 spiro atoms. The van der Waals surface area contributed by atoms with Gasteiger partial charge < -0.3 is 10.6 Å². The molecule has 156 valence electrons. The lowest BCUT2D eigenvalue weighted by atomic mass is 10.1. The van der Waals surface area contributed by atoms with Gasteiger partial charge in [-0.1, -0.05) is 65.7 Å². The van der Waals surface area contributed by atoms with Gasteiger partial charge in [-0.2, -0.15) is 5.10 Å². The van der Waals surface area contributed by atoms with E-state index in [0.717, 1.165) is 0 Å². The van der Waals surface area contributed by atoms with Crippen molar-refractivity contribution < 1.29 is 14.4 Å². The zero-order valence-electron chi connectivity index (χ0n) is 15.9. The van der Waals surface area contributed by atoms with E-state index in [0.29, 0.717) is 16.3 Å². The molecule has 0 unspecified atom stereocenters. The van der Waals surface area contributed by atoms with E-state index < -0.39 is 17.7 Å². The summed E-state index contributed by atoms with van der Waals surface area (Å²) < 4.78 is 0. The number of nitrogens with zero attached hydrogens (tertiary/aromatic N) is 1. The Kier molecular flexibility index (Phi) is 7.37. The van der Waals surface area contributed by atoms with E-state index in [1.165, 1.54) is 18.3 Å². The number of carbonyl (C=O) groups excluding carboxylic acids is 3.